The number of benzene rings is 1. The van der Waals surface area contributed by atoms with Gasteiger partial charge in [0.1, 0.15) is 0 Å². The van der Waals surface area contributed by atoms with Crippen LogP contribution in [0.1, 0.15) is 60.1 Å². The summed E-state index contributed by atoms with van der Waals surface area (Å²) in [6, 6.07) is 1.91. The molecular formula is C22H31N3OS2. The second kappa shape index (κ2) is 8.49. The van der Waals surface area contributed by atoms with E-state index in [1.807, 2.05) is 11.4 Å². The number of hydrogen-bond acceptors (Lipinski definition) is 6. The second-order valence-corrected chi connectivity index (χ2v) is 9.95. The summed E-state index contributed by atoms with van der Waals surface area (Å²) in [5.74, 6) is 0.567. The fraction of sp³-hybridized carbons (Fsp3) is 0.455. The fourth-order valence-corrected chi connectivity index (χ4v) is 5.60. The summed E-state index contributed by atoms with van der Waals surface area (Å²) < 4.78 is 1.03. The minimum atomic E-state index is -0.746. The van der Waals surface area contributed by atoms with E-state index in [2.05, 4.69) is 18.8 Å². The number of thiophene rings is 1. The van der Waals surface area contributed by atoms with Gasteiger partial charge < -0.3 is 16.2 Å². The number of hydrogen-bond donors (Lipinski definition) is 4. The largest absolute Gasteiger partial charge is 0.386 e. The Morgan fingerprint density at radius 1 is 1.14 bits per heavy atom. The first-order valence-corrected chi connectivity index (χ1v) is 11.5. The molecule has 0 radical (unpaired) electrons. The predicted molar refractivity (Wildman–Crippen MR) is 122 cm³/mol. The van der Waals surface area contributed by atoms with Crippen molar-refractivity contribution in [2.75, 3.05) is 5.32 Å². The lowest BCUT2D eigenvalue weighted by Gasteiger charge is -2.19. The minimum Gasteiger partial charge on any atom is -0.386 e. The molecule has 0 bridgehead atoms. The van der Waals surface area contributed by atoms with Crippen molar-refractivity contribution in [1.82, 2.24) is 0 Å². The van der Waals surface area contributed by atoms with Crippen LogP contribution < -0.4 is 16.2 Å². The van der Waals surface area contributed by atoms with Crippen molar-refractivity contribution in [3.63, 3.8) is 0 Å². The summed E-state index contributed by atoms with van der Waals surface area (Å²) in [7, 11) is 0. The highest BCUT2D eigenvalue weighted by molar-refractivity contribution is 7.99. The molecule has 0 saturated heterocycles. The van der Waals surface area contributed by atoms with Crippen molar-refractivity contribution in [2.24, 2.45) is 10.9 Å². The third kappa shape index (κ3) is 4.40. The van der Waals surface area contributed by atoms with Crippen LogP contribution in [0.3, 0.4) is 0 Å². The van der Waals surface area contributed by atoms with E-state index in [1.54, 1.807) is 41.9 Å². The van der Waals surface area contributed by atoms with Crippen molar-refractivity contribution in [3.05, 3.63) is 57.2 Å². The molecule has 0 amide bonds. The van der Waals surface area contributed by atoms with E-state index in [0.29, 0.717) is 5.82 Å². The van der Waals surface area contributed by atoms with Gasteiger partial charge in [0, 0.05) is 5.69 Å². The Hall–Kier alpha value is -1.47. The molecule has 4 nitrogen and oxygen atoms in total. The smallest absolute Gasteiger partial charge is 0.0930 e. The monoisotopic (exact) mass is 417 g/mol. The van der Waals surface area contributed by atoms with E-state index in [1.165, 1.54) is 67.3 Å². The summed E-state index contributed by atoms with van der Waals surface area (Å²) in [4.78, 5) is 0. The Morgan fingerprint density at radius 2 is 1.68 bits per heavy atom. The first-order valence-electron chi connectivity index (χ1n) is 9.78. The molecule has 6 N–H and O–H groups in total. The van der Waals surface area contributed by atoms with Gasteiger partial charge in [-0.3, -0.25) is 5.14 Å². The first kappa shape index (κ1) is 21.2. The van der Waals surface area contributed by atoms with Gasteiger partial charge in [0.2, 0.25) is 0 Å². The van der Waals surface area contributed by atoms with Crippen molar-refractivity contribution >= 4 is 29.0 Å². The van der Waals surface area contributed by atoms with Crippen LogP contribution in [0.5, 0.6) is 0 Å². The molecule has 0 unspecified atom stereocenters. The summed E-state index contributed by atoms with van der Waals surface area (Å²) in [6.07, 6.45) is 7.42. The lowest BCUT2D eigenvalue weighted by Crippen LogP contribution is -2.13. The molecule has 0 aliphatic heterocycles. The highest BCUT2D eigenvalue weighted by Gasteiger charge is 2.26. The molecule has 2 aromatic rings. The van der Waals surface area contributed by atoms with Crippen LogP contribution in [-0.2, 0) is 31.3 Å². The summed E-state index contributed by atoms with van der Waals surface area (Å²) in [6.45, 7) is 9.62. The van der Waals surface area contributed by atoms with Crippen molar-refractivity contribution < 1.29 is 5.11 Å². The average molecular weight is 418 g/mol. The van der Waals surface area contributed by atoms with Crippen LogP contribution in [0.15, 0.2) is 28.1 Å². The summed E-state index contributed by atoms with van der Waals surface area (Å²) in [5, 5.41) is 20.1. The number of aliphatic hydroxyl groups is 1. The molecule has 0 atom stereocenters. The highest BCUT2D eigenvalue weighted by Crippen LogP contribution is 2.41. The van der Waals surface area contributed by atoms with Gasteiger partial charge in [-0.05, 0) is 116 Å². The van der Waals surface area contributed by atoms with Crippen LogP contribution in [0.2, 0.25) is 0 Å². The molecular weight excluding hydrogens is 386 g/mol. The lowest BCUT2D eigenvalue weighted by molar-refractivity contribution is 0.0789. The van der Waals surface area contributed by atoms with Crippen LogP contribution in [0.4, 0.5) is 5.69 Å². The zero-order chi connectivity index (χ0) is 20.5. The highest BCUT2D eigenvalue weighted by atomic mass is 32.2. The third-order valence-electron chi connectivity index (χ3n) is 5.63. The quantitative estimate of drug-likeness (QED) is 0.539. The second-order valence-electron chi connectivity index (χ2n) is 8.10. The molecule has 2 aliphatic carbocycles. The molecule has 1 aromatic heterocycles. The molecule has 152 valence electrons. The van der Waals surface area contributed by atoms with Gasteiger partial charge in [0.25, 0.3) is 0 Å². The Labute approximate surface area is 176 Å². The van der Waals surface area contributed by atoms with E-state index in [0.717, 1.165) is 9.77 Å². The third-order valence-corrected chi connectivity index (χ3v) is 7.28. The van der Waals surface area contributed by atoms with Crippen molar-refractivity contribution in [1.29, 1.82) is 0 Å². The molecule has 0 saturated carbocycles. The van der Waals surface area contributed by atoms with Crippen LogP contribution in [0, 0.1) is 6.92 Å². The average Bonchev–Trinajstić information content (AvgIpc) is 3.38. The predicted octanol–water partition coefficient (Wildman–Crippen LogP) is 4.76. The van der Waals surface area contributed by atoms with E-state index in [9.17, 15) is 5.11 Å². The normalized spacial score (nSPS) is 14.9. The van der Waals surface area contributed by atoms with Crippen LogP contribution in [0.25, 0.3) is 0 Å². The van der Waals surface area contributed by atoms with Gasteiger partial charge in [-0.15, -0.1) is 11.3 Å². The van der Waals surface area contributed by atoms with Crippen LogP contribution >= 0.6 is 23.3 Å². The molecule has 0 spiro atoms. The Balaban J connectivity index is 0.000000178. The number of fused-ring (bicyclic) bond motifs is 2. The summed E-state index contributed by atoms with van der Waals surface area (Å²) >= 11 is 2.77. The fourth-order valence-electron chi connectivity index (χ4n) is 4.24. The maximum Gasteiger partial charge on any atom is 0.0930 e. The zero-order valence-electron chi connectivity index (χ0n) is 17.0. The Morgan fingerprint density at radius 3 is 2.07 bits per heavy atom. The van der Waals surface area contributed by atoms with Crippen molar-refractivity contribution in [2.45, 2.75) is 69.1 Å². The molecule has 1 heterocycles. The minimum absolute atomic E-state index is 0.567. The number of rotatable bonds is 4. The Kier molecular flexibility index (Phi) is 6.44. The first-order chi connectivity index (χ1) is 13.2. The topological polar surface area (TPSA) is 84.3 Å². The SMILES string of the molecule is C=C(N)Nc1c2c(c(C)c3c1CCC3)CCC2.CC(C)(O)c1csc(SN)c1. The van der Waals surface area contributed by atoms with Gasteiger partial charge in [-0.25, -0.2) is 0 Å². The standard InChI is InChI=1S/C15H20N2.C7H11NOS2/c1-9-11-5-3-7-13(11)15(17-10(2)16)14-8-4-6-12(9)14;1-7(2,9)5-3-6(11-8)10-4-5/h17H,2-8,16H2,1H3;3-4,9H,8H2,1-2H3. The van der Waals surface area contributed by atoms with Gasteiger partial charge in [-0.2, -0.15) is 0 Å². The van der Waals surface area contributed by atoms with E-state index < -0.39 is 5.60 Å². The molecule has 6 heteroatoms. The Bertz CT molecular complexity index is 846. The number of nitrogens with one attached hydrogen (secondary N) is 1. The van der Waals surface area contributed by atoms with Crippen LogP contribution in [-0.4, -0.2) is 5.11 Å². The van der Waals surface area contributed by atoms with Crippen molar-refractivity contribution in [3.8, 4) is 0 Å². The van der Waals surface area contributed by atoms with Gasteiger partial charge in [-0.1, -0.05) is 6.58 Å². The molecule has 1 aromatic carbocycles. The van der Waals surface area contributed by atoms with Gasteiger partial charge in [0.15, 0.2) is 0 Å². The molecule has 28 heavy (non-hydrogen) atoms. The van der Waals surface area contributed by atoms with E-state index in [-0.39, 0.29) is 0 Å². The molecule has 4 rings (SSSR count). The zero-order valence-corrected chi connectivity index (χ0v) is 18.7. The number of anilines is 1. The van der Waals surface area contributed by atoms with Gasteiger partial charge in [0.05, 0.1) is 15.6 Å². The maximum absolute atomic E-state index is 9.55. The molecule has 0 fully saturated rings. The number of nitrogens with two attached hydrogens (primary N) is 2. The summed E-state index contributed by atoms with van der Waals surface area (Å²) in [5.41, 5.74) is 14.9. The lowest BCUT2D eigenvalue weighted by atomic mass is 9.93. The maximum atomic E-state index is 9.55. The van der Waals surface area contributed by atoms with Gasteiger partial charge >= 0.3 is 0 Å². The van der Waals surface area contributed by atoms with E-state index in [4.69, 9.17) is 10.9 Å². The van der Waals surface area contributed by atoms with E-state index >= 15 is 0 Å². The molecule has 2 aliphatic rings.